The van der Waals surface area contributed by atoms with E-state index >= 15 is 0 Å². The van der Waals surface area contributed by atoms with E-state index in [2.05, 4.69) is 15.5 Å². The highest BCUT2D eigenvalue weighted by Crippen LogP contribution is 2.50. The lowest BCUT2D eigenvalue weighted by Gasteiger charge is -2.06. The van der Waals surface area contributed by atoms with Gasteiger partial charge in [0, 0.05) is 18.9 Å². The van der Waals surface area contributed by atoms with E-state index in [9.17, 15) is 4.79 Å². The minimum atomic E-state index is -0.0413. The van der Waals surface area contributed by atoms with E-state index in [1.165, 1.54) is 0 Å². The van der Waals surface area contributed by atoms with E-state index in [1.54, 1.807) is 13.0 Å². The first kappa shape index (κ1) is 15.3. The number of benzene rings is 1. The third kappa shape index (κ3) is 3.25. The lowest BCUT2D eigenvalue weighted by molar-refractivity contribution is -0.122. The predicted octanol–water partition coefficient (Wildman–Crippen LogP) is 3.15. The van der Waals surface area contributed by atoms with Crippen LogP contribution in [-0.2, 0) is 11.2 Å². The number of carbonyl (C=O) groups excluding carboxylic acids is 1. The molecule has 0 saturated heterocycles. The maximum Gasteiger partial charge on any atom is 0.228 e. The Bertz CT molecular complexity index is 702. The Morgan fingerprint density at radius 3 is 3.00 bits per heavy atom. The molecule has 22 heavy (non-hydrogen) atoms. The number of hydrogen-bond acceptors (Lipinski definition) is 4. The molecular weight excluding hydrogens is 325 g/mol. The highest BCUT2D eigenvalue weighted by atomic mass is 35.5. The molecule has 1 aromatic carbocycles. The van der Waals surface area contributed by atoms with E-state index in [0.717, 1.165) is 12.0 Å². The molecule has 116 valence electrons. The van der Waals surface area contributed by atoms with Crippen molar-refractivity contribution in [1.82, 2.24) is 15.5 Å². The number of amides is 1. The van der Waals surface area contributed by atoms with Gasteiger partial charge < -0.3 is 9.84 Å². The fourth-order valence-electron chi connectivity index (χ4n) is 2.50. The number of aromatic nitrogens is 2. The van der Waals surface area contributed by atoms with Crippen molar-refractivity contribution in [3.63, 3.8) is 0 Å². The minimum absolute atomic E-state index is 0.0253. The van der Waals surface area contributed by atoms with Gasteiger partial charge >= 0.3 is 0 Å². The zero-order valence-electron chi connectivity index (χ0n) is 12.0. The van der Waals surface area contributed by atoms with Gasteiger partial charge in [0.1, 0.15) is 0 Å². The van der Waals surface area contributed by atoms with Crippen LogP contribution in [0.3, 0.4) is 0 Å². The van der Waals surface area contributed by atoms with Gasteiger partial charge in [-0.2, -0.15) is 4.98 Å². The lowest BCUT2D eigenvalue weighted by atomic mass is 10.1. The van der Waals surface area contributed by atoms with Gasteiger partial charge in [0.15, 0.2) is 5.82 Å². The smallest absolute Gasteiger partial charge is 0.228 e. The van der Waals surface area contributed by atoms with Crippen LogP contribution in [0.15, 0.2) is 22.7 Å². The normalized spacial score (nSPS) is 20.0. The van der Waals surface area contributed by atoms with Crippen LogP contribution in [0.4, 0.5) is 0 Å². The van der Waals surface area contributed by atoms with Gasteiger partial charge in [0.05, 0.1) is 10.0 Å². The third-order valence-corrected chi connectivity index (χ3v) is 4.55. The van der Waals surface area contributed by atoms with Crippen molar-refractivity contribution in [1.29, 1.82) is 0 Å². The van der Waals surface area contributed by atoms with E-state index in [0.29, 0.717) is 34.7 Å². The SMILES string of the molecule is Cc1noc(CCNC(=O)[C@H]2C[C@@H]2c2cccc(Cl)c2Cl)n1. The quantitative estimate of drug-likeness (QED) is 0.908. The fourth-order valence-corrected chi connectivity index (χ4v) is 2.95. The first-order valence-electron chi connectivity index (χ1n) is 7.07. The summed E-state index contributed by atoms with van der Waals surface area (Å²) in [5, 5.41) is 7.67. The van der Waals surface area contributed by atoms with Crippen molar-refractivity contribution in [2.24, 2.45) is 5.92 Å². The molecule has 1 amide bonds. The van der Waals surface area contributed by atoms with Crippen LogP contribution in [-0.4, -0.2) is 22.6 Å². The predicted molar refractivity (Wildman–Crippen MR) is 83.1 cm³/mol. The number of carbonyl (C=O) groups is 1. The summed E-state index contributed by atoms with van der Waals surface area (Å²) >= 11 is 12.2. The van der Waals surface area contributed by atoms with Crippen molar-refractivity contribution >= 4 is 29.1 Å². The molecule has 1 N–H and O–H groups in total. The largest absolute Gasteiger partial charge is 0.355 e. The Labute approximate surface area is 138 Å². The number of aryl methyl sites for hydroxylation is 1. The topological polar surface area (TPSA) is 68.0 Å². The van der Waals surface area contributed by atoms with Gasteiger partial charge in [0.25, 0.3) is 0 Å². The first-order chi connectivity index (χ1) is 10.6. The molecule has 0 aliphatic heterocycles. The molecule has 1 saturated carbocycles. The molecule has 5 nitrogen and oxygen atoms in total. The first-order valence-corrected chi connectivity index (χ1v) is 7.82. The van der Waals surface area contributed by atoms with E-state index in [-0.39, 0.29) is 17.7 Å². The van der Waals surface area contributed by atoms with Crippen molar-refractivity contribution in [3.05, 3.63) is 45.5 Å². The van der Waals surface area contributed by atoms with E-state index < -0.39 is 0 Å². The van der Waals surface area contributed by atoms with Crippen molar-refractivity contribution in [2.75, 3.05) is 6.54 Å². The molecule has 1 aliphatic rings. The molecule has 0 radical (unpaired) electrons. The van der Waals surface area contributed by atoms with Gasteiger partial charge in [0.2, 0.25) is 11.8 Å². The summed E-state index contributed by atoms with van der Waals surface area (Å²) in [6, 6.07) is 5.53. The summed E-state index contributed by atoms with van der Waals surface area (Å²) in [6.07, 6.45) is 1.33. The van der Waals surface area contributed by atoms with Crippen LogP contribution >= 0.6 is 23.2 Å². The Balaban J connectivity index is 1.51. The lowest BCUT2D eigenvalue weighted by Crippen LogP contribution is -2.27. The second-order valence-corrected chi connectivity index (χ2v) is 6.15. The summed E-state index contributed by atoms with van der Waals surface area (Å²) in [5.41, 5.74) is 0.946. The van der Waals surface area contributed by atoms with Crippen LogP contribution in [0.2, 0.25) is 10.0 Å². The van der Waals surface area contributed by atoms with Crippen LogP contribution in [0.5, 0.6) is 0 Å². The fraction of sp³-hybridized carbons (Fsp3) is 0.400. The third-order valence-electron chi connectivity index (χ3n) is 3.72. The maximum atomic E-state index is 12.1. The molecule has 0 spiro atoms. The second-order valence-electron chi connectivity index (χ2n) is 5.37. The standard InChI is InChI=1S/C15H15Cl2N3O2/c1-8-19-13(22-20-8)5-6-18-15(21)11-7-10(11)9-3-2-4-12(16)14(9)17/h2-4,10-11H,5-7H2,1H3,(H,18,21)/t10-,11+/m1/s1. The molecule has 0 unspecified atom stereocenters. The number of nitrogens with zero attached hydrogens (tertiary/aromatic N) is 2. The number of hydrogen-bond donors (Lipinski definition) is 1. The molecule has 2 atom stereocenters. The molecule has 1 fully saturated rings. The highest BCUT2D eigenvalue weighted by Gasteiger charge is 2.44. The Morgan fingerprint density at radius 2 is 2.27 bits per heavy atom. The number of nitrogens with one attached hydrogen (secondary N) is 1. The molecule has 1 heterocycles. The van der Waals surface area contributed by atoms with Gasteiger partial charge in [-0.1, -0.05) is 40.5 Å². The van der Waals surface area contributed by atoms with E-state index in [1.807, 2.05) is 12.1 Å². The van der Waals surface area contributed by atoms with Gasteiger partial charge in [-0.15, -0.1) is 0 Å². The maximum absolute atomic E-state index is 12.1. The average Bonchev–Trinajstić information content (AvgIpc) is 3.18. The summed E-state index contributed by atoms with van der Waals surface area (Å²) in [7, 11) is 0. The molecule has 7 heteroatoms. The molecule has 1 aliphatic carbocycles. The second kappa shape index (κ2) is 6.26. The van der Waals surface area contributed by atoms with Gasteiger partial charge in [-0.25, -0.2) is 0 Å². The zero-order chi connectivity index (χ0) is 15.7. The molecule has 2 aromatic rings. The number of halogens is 2. The van der Waals surface area contributed by atoms with Crippen molar-refractivity contribution < 1.29 is 9.32 Å². The Morgan fingerprint density at radius 1 is 1.45 bits per heavy atom. The average molecular weight is 340 g/mol. The summed E-state index contributed by atoms with van der Waals surface area (Å²) in [4.78, 5) is 16.2. The zero-order valence-corrected chi connectivity index (χ0v) is 13.5. The minimum Gasteiger partial charge on any atom is -0.355 e. The highest BCUT2D eigenvalue weighted by molar-refractivity contribution is 6.42. The Hall–Kier alpha value is -1.59. The van der Waals surface area contributed by atoms with Gasteiger partial charge in [-0.05, 0) is 30.9 Å². The Kier molecular flexibility index (Phi) is 4.36. The van der Waals surface area contributed by atoms with Crippen LogP contribution in [0.25, 0.3) is 0 Å². The van der Waals surface area contributed by atoms with E-state index in [4.69, 9.17) is 27.7 Å². The summed E-state index contributed by atoms with van der Waals surface area (Å²) < 4.78 is 5.00. The van der Waals surface area contributed by atoms with Crippen LogP contribution in [0, 0.1) is 12.8 Å². The summed E-state index contributed by atoms with van der Waals surface area (Å²) in [5.74, 6) is 1.26. The van der Waals surface area contributed by atoms with Crippen LogP contribution < -0.4 is 5.32 Å². The monoisotopic (exact) mass is 339 g/mol. The molecule has 3 rings (SSSR count). The molecule has 0 bridgehead atoms. The van der Waals surface area contributed by atoms with Crippen LogP contribution in [0.1, 0.15) is 29.6 Å². The molecular formula is C15H15Cl2N3O2. The van der Waals surface area contributed by atoms with Crippen molar-refractivity contribution in [2.45, 2.75) is 25.7 Å². The summed E-state index contributed by atoms with van der Waals surface area (Å²) in [6.45, 7) is 2.24. The van der Waals surface area contributed by atoms with Gasteiger partial charge in [-0.3, -0.25) is 4.79 Å². The molecule has 1 aromatic heterocycles. The number of rotatable bonds is 5. The van der Waals surface area contributed by atoms with Crippen molar-refractivity contribution in [3.8, 4) is 0 Å².